The zero-order valence-electron chi connectivity index (χ0n) is 21.2. The van der Waals surface area contributed by atoms with Crippen molar-refractivity contribution in [1.29, 1.82) is 0 Å². The molecule has 0 saturated heterocycles. The predicted octanol–water partition coefficient (Wildman–Crippen LogP) is 7.45. The van der Waals surface area contributed by atoms with Crippen molar-refractivity contribution in [3.63, 3.8) is 0 Å². The first-order valence-corrected chi connectivity index (χ1v) is 15.0. The third-order valence-corrected chi connectivity index (χ3v) is 9.46. The number of ketones is 1. The van der Waals surface area contributed by atoms with Crippen molar-refractivity contribution in [1.82, 2.24) is 9.55 Å². The fraction of sp³-hybridized carbons (Fsp3) is 0.281. The van der Waals surface area contributed by atoms with E-state index in [4.69, 9.17) is 4.98 Å². The molecule has 1 heterocycles. The summed E-state index contributed by atoms with van der Waals surface area (Å²) < 4.78 is 2.75. The number of carbonyl (C=O) groups excluding carboxylic acids is 1. The van der Waals surface area contributed by atoms with E-state index in [1.54, 1.807) is 0 Å². The lowest BCUT2D eigenvalue weighted by molar-refractivity contribution is 0.102. The van der Waals surface area contributed by atoms with Gasteiger partial charge in [-0.25, -0.2) is 4.98 Å². The predicted molar refractivity (Wildman–Crippen MR) is 157 cm³/mol. The van der Waals surface area contributed by atoms with Crippen LogP contribution in [0.25, 0.3) is 11.3 Å². The Labute approximate surface area is 235 Å². The zero-order valence-corrected chi connectivity index (χ0v) is 23.6. The van der Waals surface area contributed by atoms with E-state index in [1.165, 1.54) is 23.7 Å². The number of thioether (sulfide) groups is 1. The minimum atomic E-state index is -0.166. The molecule has 0 N–H and O–H groups in total. The number of fused-ring (bicyclic) bond motifs is 4. The lowest BCUT2D eigenvalue weighted by atomic mass is 9.62. The molecule has 0 aliphatic heterocycles. The first kappa shape index (κ1) is 25.3. The first-order valence-electron chi connectivity index (χ1n) is 13.2. The Morgan fingerprint density at radius 1 is 0.921 bits per heavy atom. The Morgan fingerprint density at radius 2 is 1.63 bits per heavy atom. The van der Waals surface area contributed by atoms with Gasteiger partial charge < -0.3 is 0 Å². The van der Waals surface area contributed by atoms with Crippen LogP contribution >= 0.6 is 27.7 Å². The summed E-state index contributed by atoms with van der Waals surface area (Å²) in [6.45, 7) is 0.437. The van der Waals surface area contributed by atoms with Crippen LogP contribution in [0.1, 0.15) is 59.2 Å². The van der Waals surface area contributed by atoms with Gasteiger partial charge in [0.15, 0.2) is 10.9 Å². The molecule has 2 aliphatic rings. The van der Waals surface area contributed by atoms with E-state index in [0.717, 1.165) is 59.0 Å². The van der Waals surface area contributed by atoms with Crippen LogP contribution < -0.4 is 5.56 Å². The minimum Gasteiger partial charge on any atom is -0.293 e. The van der Waals surface area contributed by atoms with Crippen LogP contribution in [-0.4, -0.2) is 21.1 Å². The topological polar surface area (TPSA) is 52.0 Å². The maximum atomic E-state index is 14.5. The monoisotopic (exact) mass is 584 g/mol. The molecule has 38 heavy (non-hydrogen) atoms. The molecule has 6 rings (SSSR count). The Hall–Kier alpha value is -2.96. The SMILES string of the molecule is O=C(CSc1nc2c(c(=O)n1Cc1ccccc1)C1(CCCCC1)Cc1ccccc1-2)c1ccc(Br)cc1. The van der Waals surface area contributed by atoms with Gasteiger partial charge in [-0.1, -0.05) is 114 Å². The Balaban J connectivity index is 1.47. The molecule has 192 valence electrons. The number of benzene rings is 3. The van der Waals surface area contributed by atoms with Crippen LogP contribution in [0.2, 0.25) is 0 Å². The van der Waals surface area contributed by atoms with Gasteiger partial charge in [0.05, 0.1) is 23.6 Å². The lowest BCUT2D eigenvalue weighted by Crippen LogP contribution is -2.43. The summed E-state index contributed by atoms with van der Waals surface area (Å²) >= 11 is 4.79. The van der Waals surface area contributed by atoms with Gasteiger partial charge in [0.2, 0.25) is 0 Å². The van der Waals surface area contributed by atoms with E-state index >= 15 is 0 Å². The number of hydrogen-bond donors (Lipinski definition) is 0. The van der Waals surface area contributed by atoms with Crippen LogP contribution in [0.15, 0.2) is 93.3 Å². The van der Waals surface area contributed by atoms with Crippen molar-refractivity contribution in [2.45, 2.75) is 55.6 Å². The molecular formula is C32H29BrN2O2S. The molecule has 0 unspecified atom stereocenters. The summed E-state index contributed by atoms with van der Waals surface area (Å²) in [5, 5.41) is 0.603. The maximum Gasteiger partial charge on any atom is 0.258 e. The van der Waals surface area contributed by atoms with E-state index in [1.807, 2.05) is 65.2 Å². The fourth-order valence-corrected chi connectivity index (χ4v) is 7.24. The van der Waals surface area contributed by atoms with Gasteiger partial charge in [-0.15, -0.1) is 0 Å². The fourth-order valence-electron chi connectivity index (χ4n) is 6.09. The molecule has 0 bridgehead atoms. The highest BCUT2D eigenvalue weighted by Gasteiger charge is 2.43. The molecule has 0 radical (unpaired) electrons. The minimum absolute atomic E-state index is 0.0184. The van der Waals surface area contributed by atoms with Gasteiger partial charge in [0.1, 0.15) is 0 Å². The van der Waals surface area contributed by atoms with Crippen molar-refractivity contribution in [2.24, 2.45) is 0 Å². The number of Topliss-reactive ketones (excluding diaryl/α,β-unsaturated/α-hetero) is 1. The van der Waals surface area contributed by atoms with Gasteiger partial charge in [-0.3, -0.25) is 14.2 Å². The number of aromatic nitrogens is 2. The summed E-state index contributed by atoms with van der Waals surface area (Å²) in [7, 11) is 0. The quantitative estimate of drug-likeness (QED) is 0.134. The molecule has 4 nitrogen and oxygen atoms in total. The smallest absolute Gasteiger partial charge is 0.258 e. The summed E-state index contributed by atoms with van der Waals surface area (Å²) in [6.07, 6.45) is 6.43. The van der Waals surface area contributed by atoms with Crippen LogP contribution in [0.3, 0.4) is 0 Å². The van der Waals surface area contributed by atoms with Crippen LogP contribution in [0.5, 0.6) is 0 Å². The Morgan fingerprint density at radius 3 is 2.39 bits per heavy atom. The second-order valence-corrected chi connectivity index (χ2v) is 12.2. The second kappa shape index (κ2) is 10.7. The Bertz CT molecular complexity index is 1540. The second-order valence-electron chi connectivity index (χ2n) is 10.4. The molecule has 2 aliphatic carbocycles. The normalized spacial score (nSPS) is 15.6. The number of rotatable bonds is 6. The average molecular weight is 586 g/mol. The van der Waals surface area contributed by atoms with Gasteiger partial charge in [-0.2, -0.15) is 0 Å². The van der Waals surface area contributed by atoms with Gasteiger partial charge in [0, 0.05) is 21.0 Å². The average Bonchev–Trinajstić information content (AvgIpc) is 2.94. The highest BCUT2D eigenvalue weighted by molar-refractivity contribution is 9.10. The standard InChI is InChI=1S/C32H29BrN2O2S/c33-25-15-13-23(14-16-25)27(36)21-38-31-34-29-26-12-6-5-11-24(26)19-32(17-7-2-8-18-32)28(29)30(37)35(31)20-22-9-3-1-4-10-22/h1,3-6,9-16H,2,7-8,17-21H2. The lowest BCUT2D eigenvalue weighted by Gasteiger charge is -2.42. The third-order valence-electron chi connectivity index (χ3n) is 7.96. The summed E-state index contributed by atoms with van der Waals surface area (Å²) in [6, 6.07) is 25.9. The molecular weight excluding hydrogens is 556 g/mol. The van der Waals surface area contributed by atoms with E-state index in [9.17, 15) is 9.59 Å². The molecule has 1 spiro atoms. The maximum absolute atomic E-state index is 14.5. The van der Waals surface area contributed by atoms with Crippen molar-refractivity contribution >= 4 is 33.5 Å². The van der Waals surface area contributed by atoms with E-state index in [-0.39, 0.29) is 22.5 Å². The number of hydrogen-bond acceptors (Lipinski definition) is 4. The zero-order chi connectivity index (χ0) is 26.1. The van der Waals surface area contributed by atoms with E-state index in [2.05, 4.69) is 34.1 Å². The molecule has 4 aromatic rings. The Kier molecular flexibility index (Phi) is 7.10. The number of halogens is 1. The highest BCUT2D eigenvalue weighted by Crippen LogP contribution is 2.48. The third kappa shape index (κ3) is 4.80. The molecule has 0 amide bonds. The summed E-state index contributed by atoms with van der Waals surface area (Å²) in [4.78, 5) is 32.8. The van der Waals surface area contributed by atoms with Crippen molar-refractivity contribution in [3.8, 4) is 11.3 Å². The molecule has 3 aromatic carbocycles. The summed E-state index contributed by atoms with van der Waals surface area (Å²) in [5.74, 6) is 0.235. The molecule has 0 atom stereocenters. The van der Waals surface area contributed by atoms with E-state index < -0.39 is 0 Å². The van der Waals surface area contributed by atoms with Crippen LogP contribution in [-0.2, 0) is 18.4 Å². The molecule has 1 aromatic heterocycles. The van der Waals surface area contributed by atoms with Gasteiger partial charge in [0.25, 0.3) is 5.56 Å². The number of nitrogens with zero attached hydrogens (tertiary/aromatic N) is 2. The van der Waals surface area contributed by atoms with Crippen molar-refractivity contribution < 1.29 is 4.79 Å². The molecule has 1 saturated carbocycles. The van der Waals surface area contributed by atoms with Crippen molar-refractivity contribution in [3.05, 3.63) is 116 Å². The summed E-state index contributed by atoms with van der Waals surface area (Å²) in [5.41, 5.74) is 5.63. The van der Waals surface area contributed by atoms with Crippen LogP contribution in [0, 0.1) is 0 Å². The molecule has 6 heteroatoms. The van der Waals surface area contributed by atoms with Crippen LogP contribution in [0.4, 0.5) is 0 Å². The highest BCUT2D eigenvalue weighted by atomic mass is 79.9. The van der Waals surface area contributed by atoms with Crippen molar-refractivity contribution in [2.75, 3.05) is 5.75 Å². The largest absolute Gasteiger partial charge is 0.293 e. The van der Waals surface area contributed by atoms with E-state index in [0.29, 0.717) is 17.3 Å². The number of carbonyl (C=O) groups is 1. The van der Waals surface area contributed by atoms with Gasteiger partial charge in [-0.05, 0) is 42.5 Å². The van der Waals surface area contributed by atoms with Gasteiger partial charge >= 0.3 is 0 Å². The first-order chi connectivity index (χ1) is 18.5. The molecule has 1 fully saturated rings.